The number of ether oxygens (including phenoxy) is 6. The third-order valence-corrected chi connectivity index (χ3v) is 8.03. The molecule has 0 spiro atoms. The first-order valence-electron chi connectivity index (χ1n) is 15.3. The van der Waals surface area contributed by atoms with Gasteiger partial charge in [0.05, 0.1) is 38.1 Å². The van der Waals surface area contributed by atoms with Crippen LogP contribution in [0.4, 0.5) is 0 Å². The van der Waals surface area contributed by atoms with Crippen LogP contribution in [0.5, 0.6) is 11.5 Å². The van der Waals surface area contributed by atoms with Crippen molar-refractivity contribution < 1.29 is 42.8 Å². The Labute approximate surface area is 272 Å². The van der Waals surface area contributed by atoms with Crippen molar-refractivity contribution in [1.82, 2.24) is 4.90 Å². The molecule has 10 nitrogen and oxygen atoms in total. The van der Waals surface area contributed by atoms with Gasteiger partial charge in [-0.1, -0.05) is 72.8 Å². The van der Waals surface area contributed by atoms with Crippen molar-refractivity contribution in [2.45, 2.75) is 50.8 Å². The lowest BCUT2D eigenvalue weighted by Gasteiger charge is -2.47. The van der Waals surface area contributed by atoms with E-state index < -0.39 is 48.4 Å². The molecular formula is C37H35NO9. The van der Waals surface area contributed by atoms with Gasteiger partial charge in [0.15, 0.2) is 6.10 Å². The molecule has 4 aromatic carbocycles. The van der Waals surface area contributed by atoms with E-state index in [2.05, 4.69) is 0 Å². The van der Waals surface area contributed by atoms with Crippen LogP contribution in [0.15, 0.2) is 109 Å². The molecule has 0 unspecified atom stereocenters. The number of methoxy groups -OCH3 is 1. The summed E-state index contributed by atoms with van der Waals surface area (Å²) in [6.07, 6.45) is -4.26. The van der Waals surface area contributed by atoms with Gasteiger partial charge in [0, 0.05) is 6.92 Å². The lowest BCUT2D eigenvalue weighted by molar-refractivity contribution is -0.272. The standard InChI is InChI=1S/C37H35NO9/c1-24(39)45-33-31(23-43-21-25-11-5-3-6-12-25)47-37(46-28-19-17-27(42-2)18-20-28)32(34(33)44-22-26-13-7-4-8-14-26)38-35(40)29-15-9-10-16-30(29)36(38)41/h3-20,31-34,37H,21-23H2,1-2H3/t31-,32-,33-,34-,37-/m1/s1. The fourth-order valence-electron chi connectivity index (χ4n) is 5.82. The summed E-state index contributed by atoms with van der Waals surface area (Å²) in [5.74, 6) is -0.637. The third kappa shape index (κ3) is 7.20. The number of esters is 1. The number of carbonyl (C=O) groups excluding carboxylic acids is 3. The Kier molecular flexibility index (Phi) is 9.92. The van der Waals surface area contributed by atoms with Gasteiger partial charge < -0.3 is 28.4 Å². The van der Waals surface area contributed by atoms with Crippen LogP contribution in [-0.4, -0.2) is 67.0 Å². The van der Waals surface area contributed by atoms with Gasteiger partial charge in [-0.2, -0.15) is 0 Å². The van der Waals surface area contributed by atoms with Crippen LogP contribution in [0.1, 0.15) is 38.8 Å². The topological polar surface area (TPSA) is 110 Å². The van der Waals surface area contributed by atoms with Crippen molar-refractivity contribution in [1.29, 1.82) is 0 Å². The van der Waals surface area contributed by atoms with Gasteiger partial charge in [0.25, 0.3) is 11.8 Å². The van der Waals surface area contributed by atoms with Crippen LogP contribution in [0, 0.1) is 0 Å². The maximum absolute atomic E-state index is 13.9. The first kappa shape index (κ1) is 31.9. The summed E-state index contributed by atoms with van der Waals surface area (Å²) in [5, 5.41) is 0. The molecule has 0 bridgehead atoms. The van der Waals surface area contributed by atoms with E-state index in [-0.39, 0.29) is 30.9 Å². The van der Waals surface area contributed by atoms with Crippen LogP contribution in [0.2, 0.25) is 0 Å². The molecule has 242 valence electrons. The van der Waals surface area contributed by atoms with Gasteiger partial charge in [-0.15, -0.1) is 0 Å². The molecule has 0 N–H and O–H groups in total. The summed E-state index contributed by atoms with van der Waals surface area (Å²) < 4.78 is 36.7. The highest BCUT2D eigenvalue weighted by atomic mass is 16.7. The fourth-order valence-corrected chi connectivity index (χ4v) is 5.82. The number of rotatable bonds is 12. The van der Waals surface area contributed by atoms with Crippen LogP contribution >= 0.6 is 0 Å². The number of carbonyl (C=O) groups is 3. The van der Waals surface area contributed by atoms with Gasteiger partial charge in [-0.25, -0.2) is 0 Å². The first-order chi connectivity index (χ1) is 22.9. The molecule has 2 amide bonds. The normalized spacial score (nSPS) is 22.1. The molecule has 6 rings (SSSR count). The molecule has 4 aromatic rings. The van der Waals surface area contributed by atoms with Crippen LogP contribution in [0.25, 0.3) is 0 Å². The van der Waals surface area contributed by atoms with Crippen molar-refractivity contribution >= 4 is 17.8 Å². The summed E-state index contributed by atoms with van der Waals surface area (Å²) in [6, 6.07) is 31.3. The number of hydrogen-bond acceptors (Lipinski definition) is 9. The lowest BCUT2D eigenvalue weighted by atomic mass is 9.94. The molecule has 2 heterocycles. The highest BCUT2D eigenvalue weighted by Gasteiger charge is 2.56. The van der Waals surface area contributed by atoms with Crippen LogP contribution < -0.4 is 9.47 Å². The van der Waals surface area contributed by atoms with Gasteiger partial charge in [-0.05, 0) is 47.5 Å². The summed E-state index contributed by atoms with van der Waals surface area (Å²) in [4.78, 5) is 41.6. The summed E-state index contributed by atoms with van der Waals surface area (Å²) in [5.41, 5.74) is 2.28. The summed E-state index contributed by atoms with van der Waals surface area (Å²) >= 11 is 0. The Morgan fingerprint density at radius 3 is 1.85 bits per heavy atom. The Morgan fingerprint density at radius 1 is 0.723 bits per heavy atom. The van der Waals surface area contributed by atoms with E-state index in [1.54, 1.807) is 55.6 Å². The SMILES string of the molecule is COc1ccc(O[C@@H]2O[C@H](COCc3ccccc3)[C@@H](OC(C)=O)[C@H](OCc3ccccc3)[C@H]2N2C(=O)c3ccccc3C2=O)cc1. The molecule has 0 radical (unpaired) electrons. The van der Waals surface area contributed by atoms with Crippen LogP contribution in [0.3, 0.4) is 0 Å². The average molecular weight is 638 g/mol. The van der Waals surface area contributed by atoms with Gasteiger partial charge in [0.1, 0.15) is 29.7 Å². The molecule has 0 aliphatic carbocycles. The van der Waals surface area contributed by atoms with Crippen molar-refractivity contribution in [3.63, 3.8) is 0 Å². The van der Waals surface area contributed by atoms with Crippen molar-refractivity contribution in [2.24, 2.45) is 0 Å². The maximum atomic E-state index is 13.9. The number of amides is 2. The van der Waals surface area contributed by atoms with E-state index in [1.165, 1.54) is 6.92 Å². The van der Waals surface area contributed by atoms with E-state index in [1.807, 2.05) is 60.7 Å². The number of imide groups is 1. The molecule has 0 saturated carbocycles. The number of benzene rings is 4. The highest BCUT2D eigenvalue weighted by Crippen LogP contribution is 2.36. The van der Waals surface area contributed by atoms with Crippen molar-refractivity contribution in [3.05, 3.63) is 131 Å². The second-order valence-corrected chi connectivity index (χ2v) is 11.2. The minimum Gasteiger partial charge on any atom is -0.497 e. The molecular weight excluding hydrogens is 602 g/mol. The number of hydrogen-bond donors (Lipinski definition) is 0. The largest absolute Gasteiger partial charge is 0.497 e. The summed E-state index contributed by atoms with van der Waals surface area (Å²) in [7, 11) is 1.56. The smallest absolute Gasteiger partial charge is 0.303 e. The van der Waals surface area contributed by atoms with Gasteiger partial charge >= 0.3 is 5.97 Å². The highest BCUT2D eigenvalue weighted by molar-refractivity contribution is 6.21. The quantitative estimate of drug-likeness (QED) is 0.153. The molecule has 10 heteroatoms. The molecule has 2 aliphatic heterocycles. The predicted octanol–water partition coefficient (Wildman–Crippen LogP) is 5.20. The zero-order valence-corrected chi connectivity index (χ0v) is 26.0. The van der Waals surface area contributed by atoms with E-state index in [9.17, 15) is 14.4 Å². The summed E-state index contributed by atoms with van der Waals surface area (Å²) in [6.45, 7) is 1.65. The van der Waals surface area contributed by atoms with E-state index >= 15 is 0 Å². The van der Waals surface area contributed by atoms with E-state index in [0.717, 1.165) is 16.0 Å². The minimum absolute atomic E-state index is 0.00461. The zero-order valence-electron chi connectivity index (χ0n) is 26.0. The molecule has 1 fully saturated rings. The minimum atomic E-state index is -1.23. The zero-order chi connectivity index (χ0) is 32.8. The third-order valence-electron chi connectivity index (χ3n) is 8.03. The van der Waals surface area contributed by atoms with Crippen molar-refractivity contribution in [3.8, 4) is 11.5 Å². The first-order valence-corrected chi connectivity index (χ1v) is 15.3. The van der Waals surface area contributed by atoms with Crippen molar-refractivity contribution in [2.75, 3.05) is 13.7 Å². The molecule has 5 atom stereocenters. The Morgan fingerprint density at radius 2 is 1.28 bits per heavy atom. The second kappa shape index (κ2) is 14.6. The molecule has 0 aromatic heterocycles. The van der Waals surface area contributed by atoms with E-state index in [0.29, 0.717) is 11.5 Å². The average Bonchev–Trinajstić information content (AvgIpc) is 3.34. The molecule has 2 aliphatic rings. The Balaban J connectivity index is 1.39. The Bertz CT molecular complexity index is 1640. The van der Waals surface area contributed by atoms with E-state index in [4.69, 9.17) is 28.4 Å². The molecule has 1 saturated heterocycles. The number of fused-ring (bicyclic) bond motifs is 1. The van der Waals surface area contributed by atoms with Gasteiger partial charge in [0.2, 0.25) is 6.29 Å². The second-order valence-electron chi connectivity index (χ2n) is 11.2. The maximum Gasteiger partial charge on any atom is 0.303 e. The monoisotopic (exact) mass is 637 g/mol. The lowest BCUT2D eigenvalue weighted by Crippen LogP contribution is -2.68. The van der Waals surface area contributed by atoms with Gasteiger partial charge in [-0.3, -0.25) is 19.3 Å². The fraction of sp³-hybridized carbons (Fsp3) is 0.270. The Hall–Kier alpha value is -5.03. The number of nitrogens with zero attached hydrogens (tertiary/aromatic N) is 1. The molecule has 47 heavy (non-hydrogen) atoms. The predicted molar refractivity (Wildman–Crippen MR) is 170 cm³/mol. The van der Waals surface area contributed by atoms with Crippen LogP contribution in [-0.2, 0) is 37.0 Å².